The number of aliphatic hydroxyl groups is 1. The molecule has 1 heterocycles. The first kappa shape index (κ1) is 16.7. The van der Waals surface area contributed by atoms with Gasteiger partial charge in [-0.05, 0) is 26.0 Å². The zero-order valence-corrected chi connectivity index (χ0v) is 13.4. The monoisotopic (exact) mass is 328 g/mol. The van der Waals surface area contributed by atoms with Crippen LogP contribution in [0, 0.1) is 11.7 Å². The fourth-order valence-electron chi connectivity index (χ4n) is 2.10. The van der Waals surface area contributed by atoms with E-state index in [4.69, 9.17) is 16.3 Å². The molecule has 1 aromatic rings. The average Bonchev–Trinajstić information content (AvgIpc) is 2.36. The third-order valence-electron chi connectivity index (χ3n) is 3.12. The van der Waals surface area contributed by atoms with Crippen LogP contribution >= 0.6 is 11.6 Å². The Bertz CT molecular complexity index is 603. The summed E-state index contributed by atoms with van der Waals surface area (Å²) in [7, 11) is 0. The molecule has 0 radical (unpaired) electrons. The van der Waals surface area contributed by atoms with Crippen molar-refractivity contribution in [3.8, 4) is 5.75 Å². The first-order chi connectivity index (χ1) is 10.2. The van der Waals surface area contributed by atoms with E-state index < -0.39 is 11.4 Å². The predicted octanol–water partition coefficient (Wildman–Crippen LogP) is 2.49. The fraction of sp³-hybridized carbons (Fsp3) is 0.467. The van der Waals surface area contributed by atoms with E-state index in [1.807, 2.05) is 6.92 Å². The quantitative estimate of drug-likeness (QED) is 0.892. The van der Waals surface area contributed by atoms with Gasteiger partial charge in [0, 0.05) is 17.9 Å². The fourth-order valence-corrected chi connectivity index (χ4v) is 2.36. The molecule has 0 aromatic heterocycles. The van der Waals surface area contributed by atoms with Crippen molar-refractivity contribution < 1.29 is 19.0 Å². The summed E-state index contributed by atoms with van der Waals surface area (Å²) in [5.41, 5.74) is 2.34. The molecule has 1 aliphatic heterocycles. The number of hydrogen-bond donors (Lipinski definition) is 2. The van der Waals surface area contributed by atoms with Crippen molar-refractivity contribution in [2.45, 2.75) is 32.8 Å². The minimum Gasteiger partial charge on any atom is -0.486 e. The number of hydrazone groups is 1. The Balaban J connectivity index is 2.28. The van der Waals surface area contributed by atoms with Gasteiger partial charge in [-0.1, -0.05) is 18.5 Å². The highest BCUT2D eigenvalue weighted by Gasteiger charge is 2.24. The van der Waals surface area contributed by atoms with Gasteiger partial charge in [-0.3, -0.25) is 4.79 Å². The molecule has 0 saturated heterocycles. The number of benzene rings is 1. The van der Waals surface area contributed by atoms with Crippen LogP contribution in [0.2, 0.25) is 5.02 Å². The Morgan fingerprint density at radius 1 is 1.55 bits per heavy atom. The van der Waals surface area contributed by atoms with Crippen LogP contribution in [0.1, 0.15) is 32.8 Å². The lowest BCUT2D eigenvalue weighted by Crippen LogP contribution is -2.32. The number of amides is 1. The maximum Gasteiger partial charge on any atom is 0.240 e. The van der Waals surface area contributed by atoms with Gasteiger partial charge in [-0.25, -0.2) is 9.82 Å². The highest BCUT2D eigenvalue weighted by Crippen LogP contribution is 2.31. The standard InChI is InChI=1S/C15H18ClFN2O3/c1-8-4-12(20)18-19-13(8)9-5-10(16)14(11(17)6-9)22-7-15(2,3)21/h5-6,8,21H,4,7H2,1-3H3,(H,18,20). The number of hydrogen-bond acceptors (Lipinski definition) is 4. The summed E-state index contributed by atoms with van der Waals surface area (Å²) in [4.78, 5) is 11.3. The van der Waals surface area contributed by atoms with Crippen molar-refractivity contribution in [3.05, 3.63) is 28.5 Å². The second-order valence-electron chi connectivity index (χ2n) is 6.01. The molecule has 0 bridgehead atoms. The molecule has 1 amide bonds. The van der Waals surface area contributed by atoms with Crippen molar-refractivity contribution in [3.63, 3.8) is 0 Å². The molecule has 1 aliphatic rings. The van der Waals surface area contributed by atoms with Gasteiger partial charge in [0.15, 0.2) is 11.6 Å². The minimum absolute atomic E-state index is 0.0869. The maximum atomic E-state index is 14.2. The largest absolute Gasteiger partial charge is 0.486 e. The van der Waals surface area contributed by atoms with Gasteiger partial charge in [-0.2, -0.15) is 5.10 Å². The molecule has 120 valence electrons. The Labute approximate surface area is 133 Å². The van der Waals surface area contributed by atoms with E-state index in [0.29, 0.717) is 11.3 Å². The number of nitrogens with one attached hydrogen (secondary N) is 1. The molecule has 1 unspecified atom stereocenters. The summed E-state index contributed by atoms with van der Waals surface area (Å²) < 4.78 is 19.5. The van der Waals surface area contributed by atoms with E-state index in [1.54, 1.807) is 13.8 Å². The van der Waals surface area contributed by atoms with Gasteiger partial charge in [0.1, 0.15) is 6.61 Å². The number of halogens is 2. The van der Waals surface area contributed by atoms with Crippen LogP contribution < -0.4 is 10.2 Å². The van der Waals surface area contributed by atoms with Crippen LogP contribution in [0.15, 0.2) is 17.2 Å². The van der Waals surface area contributed by atoms with Crippen LogP contribution in [0.5, 0.6) is 5.75 Å². The first-order valence-corrected chi connectivity index (χ1v) is 7.26. The SMILES string of the molecule is CC1CC(=O)NN=C1c1cc(F)c(OCC(C)(C)O)c(Cl)c1. The molecule has 0 fully saturated rings. The number of rotatable bonds is 4. The summed E-state index contributed by atoms with van der Waals surface area (Å²) in [5.74, 6) is -1.06. The average molecular weight is 329 g/mol. The smallest absolute Gasteiger partial charge is 0.240 e. The molecule has 2 N–H and O–H groups in total. The molecule has 7 heteroatoms. The second-order valence-corrected chi connectivity index (χ2v) is 6.41. The summed E-state index contributed by atoms with van der Waals surface area (Å²) in [6.45, 7) is 4.85. The first-order valence-electron chi connectivity index (χ1n) is 6.88. The van der Waals surface area contributed by atoms with Crippen molar-refractivity contribution in [1.29, 1.82) is 0 Å². The van der Waals surface area contributed by atoms with Gasteiger partial charge in [0.25, 0.3) is 0 Å². The van der Waals surface area contributed by atoms with E-state index >= 15 is 0 Å². The Morgan fingerprint density at radius 2 is 2.23 bits per heavy atom. The van der Waals surface area contributed by atoms with Gasteiger partial charge in [0.05, 0.1) is 16.3 Å². The Hall–Kier alpha value is -1.66. The summed E-state index contributed by atoms with van der Waals surface area (Å²) in [6.07, 6.45) is 0.287. The minimum atomic E-state index is -1.10. The third-order valence-corrected chi connectivity index (χ3v) is 3.40. The summed E-state index contributed by atoms with van der Waals surface area (Å²) in [6, 6.07) is 2.80. The van der Waals surface area contributed by atoms with Gasteiger partial charge in [-0.15, -0.1) is 0 Å². The van der Waals surface area contributed by atoms with Crippen molar-refractivity contribution >= 4 is 23.2 Å². The van der Waals surface area contributed by atoms with Gasteiger partial charge < -0.3 is 9.84 Å². The molecule has 1 atom stereocenters. The lowest BCUT2D eigenvalue weighted by molar-refractivity contribution is -0.121. The molecule has 0 spiro atoms. The normalized spacial score (nSPS) is 18.7. The number of ether oxygens (including phenoxy) is 1. The number of nitrogens with zero attached hydrogens (tertiary/aromatic N) is 1. The van der Waals surface area contributed by atoms with E-state index in [-0.39, 0.29) is 35.6 Å². The van der Waals surface area contributed by atoms with Crippen LogP contribution in [0.25, 0.3) is 0 Å². The van der Waals surface area contributed by atoms with Crippen LogP contribution in [0.3, 0.4) is 0 Å². The molecular formula is C15H18ClFN2O3. The van der Waals surface area contributed by atoms with E-state index in [1.165, 1.54) is 12.1 Å². The van der Waals surface area contributed by atoms with Crippen molar-refractivity contribution in [2.24, 2.45) is 11.0 Å². The maximum absolute atomic E-state index is 14.2. The Kier molecular flexibility index (Phi) is 4.72. The molecule has 0 aliphatic carbocycles. The van der Waals surface area contributed by atoms with Crippen molar-refractivity contribution in [1.82, 2.24) is 5.43 Å². The van der Waals surface area contributed by atoms with Crippen LogP contribution in [-0.4, -0.2) is 28.9 Å². The topological polar surface area (TPSA) is 70.9 Å². The predicted molar refractivity (Wildman–Crippen MR) is 81.7 cm³/mol. The third kappa shape index (κ3) is 3.96. The lowest BCUT2D eigenvalue weighted by Gasteiger charge is -2.21. The zero-order valence-electron chi connectivity index (χ0n) is 12.6. The van der Waals surface area contributed by atoms with Gasteiger partial charge >= 0.3 is 0 Å². The van der Waals surface area contributed by atoms with Crippen LogP contribution in [-0.2, 0) is 4.79 Å². The Morgan fingerprint density at radius 3 is 2.77 bits per heavy atom. The molecular weight excluding hydrogens is 311 g/mol. The highest BCUT2D eigenvalue weighted by atomic mass is 35.5. The summed E-state index contributed by atoms with van der Waals surface area (Å²) in [5, 5.41) is 13.7. The molecule has 2 rings (SSSR count). The van der Waals surface area contributed by atoms with Gasteiger partial charge in [0.2, 0.25) is 5.91 Å². The molecule has 0 saturated carbocycles. The lowest BCUT2D eigenvalue weighted by atomic mass is 9.94. The van der Waals surface area contributed by atoms with E-state index in [0.717, 1.165) is 0 Å². The molecule has 1 aromatic carbocycles. The number of carbonyl (C=O) groups is 1. The van der Waals surface area contributed by atoms with Crippen LogP contribution in [0.4, 0.5) is 4.39 Å². The van der Waals surface area contributed by atoms with E-state index in [2.05, 4.69) is 10.5 Å². The van der Waals surface area contributed by atoms with E-state index in [9.17, 15) is 14.3 Å². The molecule has 22 heavy (non-hydrogen) atoms. The molecule has 5 nitrogen and oxygen atoms in total. The second kappa shape index (κ2) is 6.22. The summed E-state index contributed by atoms with van der Waals surface area (Å²) >= 11 is 6.07. The zero-order chi connectivity index (χ0) is 16.5. The number of carbonyl (C=O) groups excluding carboxylic acids is 1. The highest BCUT2D eigenvalue weighted by molar-refractivity contribution is 6.32. The van der Waals surface area contributed by atoms with Crippen molar-refractivity contribution in [2.75, 3.05) is 6.61 Å².